The van der Waals surface area contributed by atoms with Gasteiger partial charge < -0.3 is 13.9 Å². The van der Waals surface area contributed by atoms with Crippen LogP contribution < -0.4 is 10.4 Å². The highest BCUT2D eigenvalue weighted by Gasteiger charge is 2.16. The van der Waals surface area contributed by atoms with E-state index < -0.39 is 11.6 Å². The quantitative estimate of drug-likeness (QED) is 0.535. The number of nitrogens with zero attached hydrogens (tertiary/aromatic N) is 2. The van der Waals surface area contributed by atoms with Crippen LogP contribution in [0.15, 0.2) is 33.5 Å². The molecule has 7 nitrogen and oxygen atoms in total. The third kappa shape index (κ3) is 3.07. The van der Waals surface area contributed by atoms with Gasteiger partial charge in [-0.25, -0.2) is 9.59 Å². The van der Waals surface area contributed by atoms with Crippen LogP contribution in [-0.4, -0.2) is 22.7 Å². The normalized spacial score (nSPS) is 10.7. The minimum atomic E-state index is -0.521. The van der Waals surface area contributed by atoms with Crippen LogP contribution >= 0.6 is 11.5 Å². The SMILES string of the molecule is COc1ccc2c(COC(=O)c3snnc3C)cc(=O)oc2c1. The Balaban J connectivity index is 1.89. The fraction of sp³-hybridized carbons (Fsp3) is 0.200. The van der Waals surface area contributed by atoms with Crippen LogP contribution in [-0.2, 0) is 11.3 Å². The summed E-state index contributed by atoms with van der Waals surface area (Å²) in [7, 11) is 1.52. The van der Waals surface area contributed by atoms with E-state index in [1.54, 1.807) is 25.1 Å². The Morgan fingerprint density at radius 1 is 1.35 bits per heavy atom. The van der Waals surface area contributed by atoms with Crippen LogP contribution in [0.25, 0.3) is 11.0 Å². The van der Waals surface area contributed by atoms with Gasteiger partial charge in [-0.05, 0) is 30.6 Å². The summed E-state index contributed by atoms with van der Waals surface area (Å²) in [6, 6.07) is 6.41. The highest BCUT2D eigenvalue weighted by atomic mass is 32.1. The second-order valence-electron chi connectivity index (χ2n) is 4.72. The first-order valence-electron chi connectivity index (χ1n) is 6.65. The molecule has 0 fully saturated rings. The van der Waals surface area contributed by atoms with Crippen LogP contribution in [0.1, 0.15) is 20.9 Å². The van der Waals surface area contributed by atoms with Crippen LogP contribution in [0.3, 0.4) is 0 Å². The molecule has 2 heterocycles. The van der Waals surface area contributed by atoms with Crippen LogP contribution in [0, 0.1) is 6.92 Å². The van der Waals surface area contributed by atoms with E-state index in [2.05, 4.69) is 9.59 Å². The summed E-state index contributed by atoms with van der Waals surface area (Å²) < 4.78 is 19.2. The maximum absolute atomic E-state index is 12.0. The molecule has 3 aromatic rings. The molecule has 0 saturated heterocycles. The van der Waals surface area contributed by atoms with Gasteiger partial charge in [0.2, 0.25) is 0 Å². The lowest BCUT2D eigenvalue weighted by Crippen LogP contribution is -2.07. The fourth-order valence-corrected chi connectivity index (χ4v) is 2.64. The average molecular weight is 332 g/mol. The summed E-state index contributed by atoms with van der Waals surface area (Å²) in [4.78, 5) is 24.0. The van der Waals surface area contributed by atoms with Crippen LogP contribution in [0.5, 0.6) is 5.75 Å². The van der Waals surface area contributed by atoms with Gasteiger partial charge in [0.15, 0.2) is 4.88 Å². The Kier molecular flexibility index (Phi) is 4.07. The molecule has 0 aliphatic heterocycles. The molecule has 0 N–H and O–H groups in total. The molecule has 0 unspecified atom stereocenters. The number of rotatable bonds is 4. The molecule has 1 aromatic carbocycles. The zero-order chi connectivity index (χ0) is 16.4. The number of carbonyl (C=O) groups excluding carboxylic acids is 1. The van der Waals surface area contributed by atoms with Gasteiger partial charge in [0.25, 0.3) is 0 Å². The van der Waals surface area contributed by atoms with Crippen molar-refractivity contribution in [2.75, 3.05) is 7.11 Å². The summed E-state index contributed by atoms with van der Waals surface area (Å²) in [6.07, 6.45) is 0. The first-order valence-corrected chi connectivity index (χ1v) is 7.42. The second kappa shape index (κ2) is 6.17. The first-order chi connectivity index (χ1) is 11.1. The molecule has 0 radical (unpaired) electrons. The van der Waals surface area contributed by atoms with Gasteiger partial charge in [-0.1, -0.05) is 4.49 Å². The molecule has 118 valence electrons. The van der Waals surface area contributed by atoms with Crippen molar-refractivity contribution < 1.29 is 18.7 Å². The molecule has 0 atom stereocenters. The number of methoxy groups -OCH3 is 1. The number of ether oxygens (including phenoxy) is 2. The number of fused-ring (bicyclic) bond motifs is 1. The highest BCUT2D eigenvalue weighted by Crippen LogP contribution is 2.23. The van der Waals surface area contributed by atoms with Crippen LogP contribution in [0.4, 0.5) is 0 Å². The number of carbonyl (C=O) groups is 1. The molecule has 2 aromatic heterocycles. The lowest BCUT2D eigenvalue weighted by atomic mass is 10.1. The van der Waals surface area contributed by atoms with E-state index in [4.69, 9.17) is 13.9 Å². The molecule has 0 bridgehead atoms. The van der Waals surface area contributed by atoms with Crippen LogP contribution in [0.2, 0.25) is 0 Å². The monoisotopic (exact) mass is 332 g/mol. The zero-order valence-corrected chi connectivity index (χ0v) is 13.2. The smallest absolute Gasteiger partial charge is 0.352 e. The summed E-state index contributed by atoms with van der Waals surface area (Å²) >= 11 is 0.972. The van der Waals surface area contributed by atoms with Crippen molar-refractivity contribution in [3.8, 4) is 5.75 Å². The molecule has 3 rings (SSSR count). The third-order valence-corrected chi connectivity index (χ3v) is 4.04. The molecule has 23 heavy (non-hydrogen) atoms. The number of esters is 1. The van der Waals surface area contributed by atoms with Gasteiger partial charge in [0.1, 0.15) is 17.9 Å². The number of benzene rings is 1. The number of hydrogen-bond acceptors (Lipinski definition) is 8. The Labute approximate surface area is 134 Å². The lowest BCUT2D eigenvalue weighted by Gasteiger charge is -2.07. The van der Waals surface area contributed by atoms with E-state index in [9.17, 15) is 9.59 Å². The third-order valence-electron chi connectivity index (χ3n) is 3.23. The summed E-state index contributed by atoms with van der Waals surface area (Å²) in [5.74, 6) is 0.0496. The largest absolute Gasteiger partial charge is 0.497 e. The van der Waals surface area contributed by atoms with E-state index in [1.165, 1.54) is 13.2 Å². The molecule has 0 aliphatic rings. The Morgan fingerprint density at radius 2 is 2.17 bits per heavy atom. The van der Waals surface area contributed by atoms with E-state index in [1.807, 2.05) is 0 Å². The van der Waals surface area contributed by atoms with E-state index in [0.29, 0.717) is 32.9 Å². The van der Waals surface area contributed by atoms with Gasteiger partial charge in [0, 0.05) is 23.1 Å². The molecule has 0 spiro atoms. The van der Waals surface area contributed by atoms with Crippen molar-refractivity contribution >= 4 is 28.5 Å². The Hall–Kier alpha value is -2.74. The highest BCUT2D eigenvalue weighted by molar-refractivity contribution is 7.07. The van der Waals surface area contributed by atoms with Crippen molar-refractivity contribution in [2.24, 2.45) is 0 Å². The lowest BCUT2D eigenvalue weighted by molar-refractivity contribution is 0.0478. The number of aryl methyl sites for hydroxylation is 1. The van der Waals surface area contributed by atoms with Gasteiger partial charge in [-0.3, -0.25) is 0 Å². The molecular formula is C15H12N2O5S. The zero-order valence-electron chi connectivity index (χ0n) is 12.4. The summed E-state index contributed by atoms with van der Waals surface area (Å²) in [5, 5.41) is 4.44. The van der Waals surface area contributed by atoms with Crippen molar-refractivity contribution in [1.82, 2.24) is 9.59 Å². The van der Waals surface area contributed by atoms with E-state index in [-0.39, 0.29) is 6.61 Å². The molecule has 0 saturated carbocycles. The van der Waals surface area contributed by atoms with Crippen molar-refractivity contribution in [1.29, 1.82) is 0 Å². The van der Waals surface area contributed by atoms with E-state index >= 15 is 0 Å². The second-order valence-corrected chi connectivity index (χ2v) is 5.47. The van der Waals surface area contributed by atoms with Crippen molar-refractivity contribution in [3.05, 3.63) is 50.8 Å². The first kappa shape index (κ1) is 15.2. The molecular weight excluding hydrogens is 320 g/mol. The number of hydrogen-bond donors (Lipinski definition) is 0. The number of aromatic nitrogens is 2. The van der Waals surface area contributed by atoms with E-state index in [0.717, 1.165) is 11.5 Å². The standard InChI is InChI=1S/C15H12N2O5S/c1-8-14(23-17-16-8)15(19)21-7-9-5-13(18)22-12-6-10(20-2)3-4-11(9)12/h3-6H,7H2,1-2H3. The Morgan fingerprint density at radius 3 is 2.87 bits per heavy atom. The summed E-state index contributed by atoms with van der Waals surface area (Å²) in [5.41, 5.74) is 0.926. The van der Waals surface area contributed by atoms with Gasteiger partial charge >= 0.3 is 11.6 Å². The predicted octanol–water partition coefficient (Wildman–Crippen LogP) is 2.32. The van der Waals surface area contributed by atoms with Gasteiger partial charge in [-0.15, -0.1) is 5.10 Å². The fourth-order valence-electron chi connectivity index (χ4n) is 2.08. The molecule has 0 aliphatic carbocycles. The van der Waals surface area contributed by atoms with Crippen molar-refractivity contribution in [2.45, 2.75) is 13.5 Å². The average Bonchev–Trinajstić information content (AvgIpc) is 2.97. The predicted molar refractivity (Wildman–Crippen MR) is 82.8 cm³/mol. The van der Waals surface area contributed by atoms with Gasteiger partial charge in [0.05, 0.1) is 12.8 Å². The maximum Gasteiger partial charge on any atom is 0.352 e. The Bertz CT molecular complexity index is 931. The minimum absolute atomic E-state index is 0.0510. The topological polar surface area (TPSA) is 91.5 Å². The molecule has 0 amide bonds. The van der Waals surface area contributed by atoms with Crippen molar-refractivity contribution in [3.63, 3.8) is 0 Å². The molecule has 8 heteroatoms. The maximum atomic E-state index is 12.0. The summed E-state index contributed by atoms with van der Waals surface area (Å²) in [6.45, 7) is 1.63. The minimum Gasteiger partial charge on any atom is -0.497 e. The van der Waals surface area contributed by atoms with Gasteiger partial charge in [-0.2, -0.15) is 0 Å².